The van der Waals surface area contributed by atoms with Crippen LogP contribution in [0.25, 0.3) is 0 Å². The monoisotopic (exact) mass is 373 g/mol. The van der Waals surface area contributed by atoms with Crippen LogP contribution in [0.4, 0.5) is 5.69 Å². The number of anilines is 1. The molecule has 8 heteroatoms. The molecule has 1 aliphatic rings. The fourth-order valence-electron chi connectivity index (χ4n) is 2.28. The van der Waals surface area contributed by atoms with E-state index >= 15 is 0 Å². The van der Waals surface area contributed by atoms with Crippen LogP contribution < -0.4 is 15.4 Å². The van der Waals surface area contributed by atoms with Crippen molar-refractivity contribution in [3.63, 3.8) is 0 Å². The third kappa shape index (κ3) is 4.90. The van der Waals surface area contributed by atoms with Crippen LogP contribution in [0.1, 0.15) is 23.2 Å². The molecule has 1 aliphatic carbocycles. The molecule has 0 aliphatic heterocycles. The van der Waals surface area contributed by atoms with Gasteiger partial charge in [0, 0.05) is 17.3 Å². The van der Waals surface area contributed by atoms with E-state index in [4.69, 9.17) is 0 Å². The molecule has 0 aromatic heterocycles. The average molecular weight is 373 g/mol. The number of hydrogen-bond donors (Lipinski definition) is 3. The smallest absolute Gasteiger partial charge is 0.255 e. The first-order valence-corrected chi connectivity index (χ1v) is 9.68. The van der Waals surface area contributed by atoms with Crippen molar-refractivity contribution in [3.05, 3.63) is 60.2 Å². The summed E-state index contributed by atoms with van der Waals surface area (Å²) < 4.78 is 26.9. The fraction of sp³-hybridized carbons (Fsp3) is 0.222. The standard InChI is InChI=1S/C18H19N3O4S/c22-17(20-15-9-10-15)12-19-26(24,25)16-8-4-5-13(11-16)18(23)21-14-6-2-1-3-7-14/h1-8,11,15,19H,9-10,12H2,(H,20,22)(H,21,23). The third-order valence-electron chi connectivity index (χ3n) is 3.80. The van der Waals surface area contributed by atoms with E-state index in [0.29, 0.717) is 5.69 Å². The van der Waals surface area contributed by atoms with Gasteiger partial charge in [-0.3, -0.25) is 9.59 Å². The Balaban J connectivity index is 1.66. The second kappa shape index (κ2) is 7.67. The van der Waals surface area contributed by atoms with E-state index < -0.39 is 15.9 Å². The fourth-order valence-corrected chi connectivity index (χ4v) is 3.31. The van der Waals surface area contributed by atoms with Crippen molar-refractivity contribution in [1.29, 1.82) is 0 Å². The van der Waals surface area contributed by atoms with Gasteiger partial charge >= 0.3 is 0 Å². The Kier molecular flexibility index (Phi) is 5.34. The van der Waals surface area contributed by atoms with Gasteiger partial charge in [-0.05, 0) is 43.2 Å². The molecular formula is C18H19N3O4S. The Labute approximate surface area is 151 Å². The molecule has 3 N–H and O–H groups in total. The summed E-state index contributed by atoms with van der Waals surface area (Å²) in [6.07, 6.45) is 1.86. The van der Waals surface area contributed by atoms with Crippen LogP contribution in [0.2, 0.25) is 0 Å². The summed E-state index contributed by atoms with van der Waals surface area (Å²) in [5.41, 5.74) is 0.819. The van der Waals surface area contributed by atoms with E-state index in [9.17, 15) is 18.0 Å². The van der Waals surface area contributed by atoms with Crippen LogP contribution in [0.15, 0.2) is 59.5 Å². The zero-order valence-corrected chi connectivity index (χ0v) is 14.8. The van der Waals surface area contributed by atoms with Crippen molar-refractivity contribution in [3.8, 4) is 0 Å². The average Bonchev–Trinajstić information content (AvgIpc) is 3.45. The maximum Gasteiger partial charge on any atom is 0.255 e. The third-order valence-corrected chi connectivity index (χ3v) is 5.20. The summed E-state index contributed by atoms with van der Waals surface area (Å²) in [6, 6.07) is 14.7. The number of rotatable bonds is 7. The first-order valence-electron chi connectivity index (χ1n) is 8.19. The van der Waals surface area contributed by atoms with Gasteiger partial charge in [0.05, 0.1) is 11.4 Å². The van der Waals surface area contributed by atoms with Crippen LogP contribution in [0.5, 0.6) is 0 Å². The molecule has 0 radical (unpaired) electrons. The van der Waals surface area contributed by atoms with E-state index in [2.05, 4.69) is 15.4 Å². The normalized spacial score (nSPS) is 13.8. The van der Waals surface area contributed by atoms with Crippen LogP contribution >= 0.6 is 0 Å². The van der Waals surface area contributed by atoms with Gasteiger partial charge in [0.1, 0.15) is 0 Å². The van der Waals surface area contributed by atoms with Gasteiger partial charge in [-0.15, -0.1) is 0 Å². The van der Waals surface area contributed by atoms with E-state index in [1.807, 2.05) is 6.07 Å². The second-order valence-electron chi connectivity index (χ2n) is 6.01. The summed E-state index contributed by atoms with van der Waals surface area (Å²) >= 11 is 0. The number of carbonyl (C=O) groups excluding carboxylic acids is 2. The van der Waals surface area contributed by atoms with Gasteiger partial charge in [-0.2, -0.15) is 0 Å². The predicted molar refractivity (Wildman–Crippen MR) is 97.2 cm³/mol. The molecule has 2 amide bonds. The number of benzene rings is 2. The molecule has 0 atom stereocenters. The van der Waals surface area contributed by atoms with Crippen molar-refractivity contribution >= 4 is 27.5 Å². The van der Waals surface area contributed by atoms with E-state index in [0.717, 1.165) is 12.8 Å². The molecule has 3 rings (SSSR count). The van der Waals surface area contributed by atoms with Crippen molar-refractivity contribution in [2.45, 2.75) is 23.8 Å². The first kappa shape index (κ1) is 18.1. The Hall–Kier alpha value is -2.71. The minimum atomic E-state index is -3.89. The Morgan fingerprint density at radius 1 is 1.00 bits per heavy atom. The molecule has 7 nitrogen and oxygen atoms in total. The molecule has 26 heavy (non-hydrogen) atoms. The number of sulfonamides is 1. The van der Waals surface area contributed by atoms with Crippen LogP contribution in [-0.2, 0) is 14.8 Å². The van der Waals surface area contributed by atoms with Crippen LogP contribution in [0.3, 0.4) is 0 Å². The first-order chi connectivity index (χ1) is 12.4. The van der Waals surface area contributed by atoms with E-state index in [1.54, 1.807) is 24.3 Å². The Bertz CT molecular complexity index is 909. The zero-order chi connectivity index (χ0) is 18.6. The molecule has 0 heterocycles. The summed E-state index contributed by atoms with van der Waals surface area (Å²) in [5, 5.41) is 5.40. The van der Waals surface area contributed by atoms with Gasteiger partial charge in [0.15, 0.2) is 0 Å². The molecule has 2 aromatic carbocycles. The minimum absolute atomic E-state index is 0.0718. The lowest BCUT2D eigenvalue weighted by Gasteiger charge is -2.09. The van der Waals surface area contributed by atoms with Gasteiger partial charge in [-0.1, -0.05) is 24.3 Å². The number of amides is 2. The van der Waals surface area contributed by atoms with E-state index in [1.165, 1.54) is 24.3 Å². The lowest BCUT2D eigenvalue weighted by Crippen LogP contribution is -2.37. The number of carbonyl (C=O) groups is 2. The van der Waals surface area contributed by atoms with Gasteiger partial charge < -0.3 is 10.6 Å². The second-order valence-corrected chi connectivity index (χ2v) is 7.78. The highest BCUT2D eigenvalue weighted by Gasteiger charge is 2.24. The summed E-state index contributed by atoms with van der Waals surface area (Å²) in [5.74, 6) is -0.784. The van der Waals surface area contributed by atoms with Crippen molar-refractivity contribution in [1.82, 2.24) is 10.0 Å². The quantitative estimate of drug-likeness (QED) is 0.684. The van der Waals surface area contributed by atoms with Crippen LogP contribution in [-0.4, -0.2) is 32.8 Å². The SMILES string of the molecule is O=C(CNS(=O)(=O)c1cccc(C(=O)Nc2ccccc2)c1)NC1CC1. The zero-order valence-electron chi connectivity index (χ0n) is 13.9. The molecule has 0 spiro atoms. The Morgan fingerprint density at radius 2 is 1.73 bits per heavy atom. The topological polar surface area (TPSA) is 104 Å². The van der Waals surface area contributed by atoms with E-state index in [-0.39, 0.29) is 29.0 Å². The number of para-hydroxylation sites is 1. The molecule has 2 aromatic rings. The molecule has 136 valence electrons. The lowest BCUT2D eigenvalue weighted by molar-refractivity contribution is -0.120. The molecule has 0 unspecified atom stereocenters. The largest absolute Gasteiger partial charge is 0.352 e. The van der Waals surface area contributed by atoms with Gasteiger partial charge in [-0.25, -0.2) is 13.1 Å². The maximum absolute atomic E-state index is 12.3. The highest BCUT2D eigenvalue weighted by molar-refractivity contribution is 7.89. The van der Waals surface area contributed by atoms with Crippen molar-refractivity contribution in [2.75, 3.05) is 11.9 Å². The van der Waals surface area contributed by atoms with Gasteiger partial charge in [0.25, 0.3) is 5.91 Å². The van der Waals surface area contributed by atoms with Crippen molar-refractivity contribution < 1.29 is 18.0 Å². The molecule has 0 bridgehead atoms. The number of nitrogens with one attached hydrogen (secondary N) is 3. The van der Waals surface area contributed by atoms with Crippen molar-refractivity contribution in [2.24, 2.45) is 0 Å². The maximum atomic E-state index is 12.3. The summed E-state index contributed by atoms with van der Waals surface area (Å²) in [4.78, 5) is 23.9. The molecular weight excluding hydrogens is 354 g/mol. The highest BCUT2D eigenvalue weighted by Crippen LogP contribution is 2.18. The summed E-state index contributed by atoms with van der Waals surface area (Å²) in [7, 11) is -3.89. The Morgan fingerprint density at radius 3 is 2.42 bits per heavy atom. The molecule has 1 saturated carbocycles. The molecule has 0 saturated heterocycles. The number of hydrogen-bond acceptors (Lipinski definition) is 4. The van der Waals surface area contributed by atoms with Gasteiger partial charge in [0.2, 0.25) is 15.9 Å². The molecule has 1 fully saturated rings. The highest BCUT2D eigenvalue weighted by atomic mass is 32.2. The minimum Gasteiger partial charge on any atom is -0.352 e. The summed E-state index contributed by atoms with van der Waals surface area (Å²) in [6.45, 7) is -0.334. The lowest BCUT2D eigenvalue weighted by atomic mass is 10.2. The predicted octanol–water partition coefficient (Wildman–Crippen LogP) is 1.50. The van der Waals surface area contributed by atoms with Crippen LogP contribution in [0, 0.1) is 0 Å².